The van der Waals surface area contributed by atoms with Gasteiger partial charge in [0.1, 0.15) is 11.2 Å². The number of halogens is 1. The molecule has 2 aromatic heterocycles. The number of nitrogens with two attached hydrogens (primary N) is 1. The van der Waals surface area contributed by atoms with Crippen LogP contribution in [0.2, 0.25) is 0 Å². The second-order valence-electron chi connectivity index (χ2n) is 5.44. The van der Waals surface area contributed by atoms with Crippen molar-refractivity contribution in [3.05, 3.63) is 46.5 Å². The zero-order chi connectivity index (χ0) is 15.4. The highest BCUT2D eigenvalue weighted by atomic mass is 35.5. The molecular weight excluding hydrogens is 304 g/mol. The van der Waals surface area contributed by atoms with Gasteiger partial charge in [-0.15, -0.1) is 12.4 Å². The zero-order valence-corrected chi connectivity index (χ0v) is 13.5. The fraction of sp³-hybridized carbons (Fsp3) is 0.400. The summed E-state index contributed by atoms with van der Waals surface area (Å²) in [6, 6.07) is 5.08. The molecule has 0 fully saturated rings. The van der Waals surface area contributed by atoms with Crippen molar-refractivity contribution < 1.29 is 4.79 Å². The van der Waals surface area contributed by atoms with Crippen LogP contribution in [0.5, 0.6) is 0 Å². The van der Waals surface area contributed by atoms with Gasteiger partial charge in [-0.25, -0.2) is 4.98 Å². The van der Waals surface area contributed by atoms with Crippen LogP contribution in [-0.2, 0) is 0 Å². The fourth-order valence-corrected chi connectivity index (χ4v) is 2.23. The smallest absolute Gasteiger partial charge is 0.270 e. The Morgan fingerprint density at radius 3 is 2.77 bits per heavy atom. The minimum absolute atomic E-state index is 0. The van der Waals surface area contributed by atoms with Gasteiger partial charge in [-0.3, -0.25) is 14.0 Å². The number of carbonyl (C=O) groups excluding carboxylic acids is 1. The van der Waals surface area contributed by atoms with E-state index in [2.05, 4.69) is 24.1 Å². The summed E-state index contributed by atoms with van der Waals surface area (Å²) >= 11 is 0. The molecule has 2 rings (SSSR count). The number of pyridine rings is 1. The third-order valence-corrected chi connectivity index (χ3v) is 3.23. The van der Waals surface area contributed by atoms with Gasteiger partial charge in [0.2, 0.25) is 0 Å². The van der Waals surface area contributed by atoms with Crippen molar-refractivity contribution in [3.63, 3.8) is 0 Å². The van der Waals surface area contributed by atoms with Crippen molar-refractivity contribution in [2.75, 3.05) is 6.54 Å². The average molecular weight is 325 g/mol. The standard InChI is InChI=1S/C15H20N4O2.ClH/c1-10(2)7-11(8-16)18-14(20)12-9-17-13-5-3-4-6-19(13)15(12)21;/h3-6,9-11H,7-8,16H2,1-2H3,(H,18,20);1H. The molecule has 0 aliphatic rings. The Balaban J connectivity index is 0.00000242. The maximum atomic E-state index is 12.3. The molecule has 1 atom stereocenters. The monoisotopic (exact) mass is 324 g/mol. The van der Waals surface area contributed by atoms with Crippen LogP contribution < -0.4 is 16.6 Å². The number of nitrogens with zero attached hydrogens (tertiary/aromatic N) is 2. The highest BCUT2D eigenvalue weighted by Crippen LogP contribution is 2.04. The van der Waals surface area contributed by atoms with Crippen molar-refractivity contribution >= 4 is 24.0 Å². The molecule has 3 N–H and O–H groups in total. The Hall–Kier alpha value is -1.92. The fourth-order valence-electron chi connectivity index (χ4n) is 2.23. The molecule has 0 saturated carbocycles. The van der Waals surface area contributed by atoms with E-state index in [1.165, 1.54) is 10.6 Å². The quantitative estimate of drug-likeness (QED) is 0.865. The molecule has 1 unspecified atom stereocenters. The highest BCUT2D eigenvalue weighted by Gasteiger charge is 2.17. The molecule has 0 spiro atoms. The first-order valence-electron chi connectivity index (χ1n) is 7.00. The Bertz CT molecular complexity index is 699. The summed E-state index contributed by atoms with van der Waals surface area (Å²) in [4.78, 5) is 28.7. The van der Waals surface area contributed by atoms with Crippen molar-refractivity contribution in [2.24, 2.45) is 11.7 Å². The summed E-state index contributed by atoms with van der Waals surface area (Å²) in [5.74, 6) is -0.0171. The molecule has 6 nitrogen and oxygen atoms in total. The van der Waals surface area contributed by atoms with E-state index >= 15 is 0 Å². The summed E-state index contributed by atoms with van der Waals surface area (Å²) in [5, 5.41) is 2.80. The molecule has 0 aliphatic carbocycles. The van der Waals surface area contributed by atoms with E-state index in [9.17, 15) is 9.59 Å². The molecule has 0 saturated heterocycles. The van der Waals surface area contributed by atoms with Crippen LogP contribution in [0.25, 0.3) is 5.65 Å². The van der Waals surface area contributed by atoms with E-state index < -0.39 is 5.91 Å². The number of hydrogen-bond acceptors (Lipinski definition) is 4. The molecule has 0 bridgehead atoms. The molecular formula is C15H21ClN4O2. The van der Waals surface area contributed by atoms with Crippen LogP contribution in [0, 0.1) is 5.92 Å². The number of nitrogens with one attached hydrogen (secondary N) is 1. The number of amides is 1. The number of fused-ring (bicyclic) bond motifs is 1. The summed E-state index contributed by atoms with van der Waals surface area (Å²) in [5.41, 5.74) is 5.83. The first kappa shape index (κ1) is 18.1. The van der Waals surface area contributed by atoms with Crippen molar-refractivity contribution in [1.29, 1.82) is 0 Å². The first-order chi connectivity index (χ1) is 10.0. The number of carbonyl (C=O) groups is 1. The van der Waals surface area contributed by atoms with Gasteiger partial charge in [-0.1, -0.05) is 19.9 Å². The largest absolute Gasteiger partial charge is 0.348 e. The van der Waals surface area contributed by atoms with Crippen LogP contribution in [0.15, 0.2) is 35.4 Å². The lowest BCUT2D eigenvalue weighted by Gasteiger charge is -2.18. The van der Waals surface area contributed by atoms with E-state index in [1.807, 2.05) is 0 Å². The number of rotatable bonds is 5. The van der Waals surface area contributed by atoms with E-state index in [1.54, 1.807) is 24.4 Å². The molecule has 2 aromatic rings. The minimum atomic E-state index is -0.429. The van der Waals surface area contributed by atoms with Gasteiger partial charge < -0.3 is 11.1 Å². The average Bonchev–Trinajstić information content (AvgIpc) is 2.46. The van der Waals surface area contributed by atoms with Crippen LogP contribution in [0.1, 0.15) is 30.6 Å². The van der Waals surface area contributed by atoms with Crippen LogP contribution >= 0.6 is 12.4 Å². The van der Waals surface area contributed by atoms with Crippen molar-refractivity contribution in [2.45, 2.75) is 26.3 Å². The van der Waals surface area contributed by atoms with Gasteiger partial charge in [0.05, 0.1) is 0 Å². The molecule has 7 heteroatoms. The predicted octanol–water partition coefficient (Wildman–Crippen LogP) is 1.22. The molecule has 1 amide bonds. The Morgan fingerprint density at radius 1 is 1.41 bits per heavy atom. The van der Waals surface area contributed by atoms with Gasteiger partial charge in [-0.2, -0.15) is 0 Å². The van der Waals surface area contributed by atoms with Gasteiger partial charge in [0.15, 0.2) is 0 Å². The molecule has 22 heavy (non-hydrogen) atoms. The van der Waals surface area contributed by atoms with Gasteiger partial charge in [-0.05, 0) is 24.5 Å². The lowest BCUT2D eigenvalue weighted by atomic mass is 10.0. The normalized spacial score (nSPS) is 12.0. The Labute approximate surface area is 135 Å². The third kappa shape index (κ3) is 4.05. The topological polar surface area (TPSA) is 89.5 Å². The third-order valence-electron chi connectivity index (χ3n) is 3.23. The maximum absolute atomic E-state index is 12.3. The molecule has 120 valence electrons. The van der Waals surface area contributed by atoms with E-state index in [4.69, 9.17) is 5.73 Å². The van der Waals surface area contributed by atoms with Crippen LogP contribution in [-0.4, -0.2) is 27.9 Å². The first-order valence-corrected chi connectivity index (χ1v) is 7.00. The SMILES string of the molecule is CC(C)CC(CN)NC(=O)c1cnc2ccccn2c1=O.Cl. The van der Waals surface area contributed by atoms with Crippen LogP contribution in [0.3, 0.4) is 0 Å². The number of hydrogen-bond donors (Lipinski definition) is 2. The molecule has 0 aromatic carbocycles. The second-order valence-corrected chi connectivity index (χ2v) is 5.44. The van der Waals surface area contributed by atoms with E-state index in [-0.39, 0.29) is 29.6 Å². The second kappa shape index (κ2) is 7.91. The summed E-state index contributed by atoms with van der Waals surface area (Å²) in [6.45, 7) is 4.45. The van der Waals surface area contributed by atoms with E-state index in [0.717, 1.165) is 6.42 Å². The summed E-state index contributed by atoms with van der Waals surface area (Å²) in [6.07, 6.45) is 3.68. The Morgan fingerprint density at radius 2 is 2.14 bits per heavy atom. The zero-order valence-electron chi connectivity index (χ0n) is 12.7. The Kier molecular flexibility index (Phi) is 6.52. The van der Waals surface area contributed by atoms with Crippen molar-refractivity contribution in [1.82, 2.24) is 14.7 Å². The molecule has 0 aliphatic heterocycles. The molecule has 2 heterocycles. The highest BCUT2D eigenvalue weighted by molar-refractivity contribution is 5.93. The van der Waals surface area contributed by atoms with Gasteiger partial charge >= 0.3 is 0 Å². The maximum Gasteiger partial charge on any atom is 0.270 e. The lowest BCUT2D eigenvalue weighted by molar-refractivity contribution is 0.0931. The molecule has 0 radical (unpaired) electrons. The predicted molar refractivity (Wildman–Crippen MR) is 88.5 cm³/mol. The minimum Gasteiger partial charge on any atom is -0.348 e. The lowest BCUT2D eigenvalue weighted by Crippen LogP contribution is -2.43. The number of aromatic nitrogens is 2. The summed E-state index contributed by atoms with van der Waals surface area (Å²) in [7, 11) is 0. The van der Waals surface area contributed by atoms with Gasteiger partial charge in [0.25, 0.3) is 11.5 Å². The van der Waals surface area contributed by atoms with Gasteiger partial charge in [0, 0.05) is 25.0 Å². The van der Waals surface area contributed by atoms with Crippen LogP contribution in [0.4, 0.5) is 0 Å². The summed E-state index contributed by atoms with van der Waals surface area (Å²) < 4.78 is 1.36. The van der Waals surface area contributed by atoms with Crippen molar-refractivity contribution in [3.8, 4) is 0 Å². The van der Waals surface area contributed by atoms with E-state index in [0.29, 0.717) is 18.1 Å².